The Bertz CT molecular complexity index is 2040. The summed E-state index contributed by atoms with van der Waals surface area (Å²) in [5.41, 5.74) is 9.62. The lowest BCUT2D eigenvalue weighted by Gasteiger charge is -2.33. The van der Waals surface area contributed by atoms with Gasteiger partial charge >= 0.3 is 0 Å². The molecule has 9 rings (SSSR count). The maximum atomic E-state index is 6.48. The van der Waals surface area contributed by atoms with E-state index < -0.39 is 0 Å². The third-order valence-electron chi connectivity index (χ3n) is 7.66. The van der Waals surface area contributed by atoms with Crippen molar-refractivity contribution >= 4 is 56.1 Å². The molecule has 0 bridgehead atoms. The maximum Gasteiger partial charge on any atom is 0.257 e. The zero-order valence-electron chi connectivity index (χ0n) is 19.1. The first-order valence-electron chi connectivity index (χ1n) is 12.2. The van der Waals surface area contributed by atoms with Crippen molar-refractivity contribution in [2.75, 3.05) is 0 Å². The number of benzene rings is 5. The molecule has 0 saturated heterocycles. The third-order valence-corrected chi connectivity index (χ3v) is 7.66. The van der Waals surface area contributed by atoms with E-state index in [4.69, 9.17) is 14.1 Å². The quantitative estimate of drug-likeness (QED) is 0.303. The number of nitrogens with zero attached hydrogens (tertiary/aromatic N) is 2. The molecule has 0 spiro atoms. The monoisotopic (exact) mass is 460 g/mol. The van der Waals surface area contributed by atoms with E-state index in [0.717, 1.165) is 61.5 Å². The SMILES string of the molecule is c1ccc(-c2nc3cc4oc5ccccc5c4c4c3n2-c2cccc3c2B4c2ccccc2O3)cc1. The zero-order valence-corrected chi connectivity index (χ0v) is 19.1. The van der Waals surface area contributed by atoms with Crippen LogP contribution in [0.15, 0.2) is 108 Å². The second-order valence-electron chi connectivity index (χ2n) is 9.53. The number of rotatable bonds is 1. The van der Waals surface area contributed by atoms with Gasteiger partial charge in [-0.05, 0) is 40.7 Å². The summed E-state index contributed by atoms with van der Waals surface area (Å²) in [5.74, 6) is 2.73. The van der Waals surface area contributed by atoms with Gasteiger partial charge in [0.1, 0.15) is 28.5 Å². The molecular weight excluding hydrogens is 443 g/mol. The van der Waals surface area contributed by atoms with Gasteiger partial charge in [0.2, 0.25) is 0 Å². The summed E-state index contributed by atoms with van der Waals surface area (Å²) >= 11 is 0. The van der Waals surface area contributed by atoms with Crippen LogP contribution in [0.3, 0.4) is 0 Å². The topological polar surface area (TPSA) is 40.2 Å². The van der Waals surface area contributed by atoms with Gasteiger partial charge < -0.3 is 9.15 Å². The number of hydrogen-bond acceptors (Lipinski definition) is 3. The van der Waals surface area contributed by atoms with Crippen LogP contribution in [0.5, 0.6) is 11.5 Å². The van der Waals surface area contributed by atoms with Gasteiger partial charge in [-0.3, -0.25) is 4.57 Å². The van der Waals surface area contributed by atoms with Crippen molar-refractivity contribution in [3.05, 3.63) is 103 Å². The van der Waals surface area contributed by atoms with Gasteiger partial charge in [0, 0.05) is 28.1 Å². The van der Waals surface area contributed by atoms with E-state index in [9.17, 15) is 0 Å². The van der Waals surface area contributed by atoms with Crippen molar-refractivity contribution in [3.63, 3.8) is 0 Å². The molecule has 36 heavy (non-hydrogen) atoms. The number of hydrogen-bond donors (Lipinski definition) is 0. The number of para-hydroxylation sites is 2. The minimum absolute atomic E-state index is 0.0150. The average Bonchev–Trinajstić information content (AvgIpc) is 3.50. The molecular formula is C31H17BN2O2. The van der Waals surface area contributed by atoms with Gasteiger partial charge in [-0.1, -0.05) is 72.8 Å². The molecule has 0 amide bonds. The fraction of sp³-hybridized carbons (Fsp3) is 0. The van der Waals surface area contributed by atoms with Crippen molar-refractivity contribution in [2.45, 2.75) is 0 Å². The largest absolute Gasteiger partial charge is 0.458 e. The molecule has 4 nitrogen and oxygen atoms in total. The van der Waals surface area contributed by atoms with Crippen molar-refractivity contribution in [2.24, 2.45) is 0 Å². The second kappa shape index (κ2) is 6.46. The normalized spacial score (nSPS) is 13.2. The number of fused-ring (bicyclic) bond motifs is 8. The highest BCUT2D eigenvalue weighted by atomic mass is 16.5. The number of imidazole rings is 1. The standard InChI is InChI=1S/C31H17BN2O2/c1-2-9-18(10-3-1)31-33-21-17-26-27(19-11-4-6-14-23(19)35-26)29-30(21)34(31)22-13-8-16-25-28(22)32(29)20-12-5-7-15-24(20)36-25/h1-17H. The van der Waals surface area contributed by atoms with Crippen molar-refractivity contribution < 1.29 is 9.15 Å². The molecule has 5 heteroatoms. The number of aromatic nitrogens is 2. The minimum atomic E-state index is 0.0150. The first-order valence-corrected chi connectivity index (χ1v) is 12.2. The molecule has 166 valence electrons. The van der Waals surface area contributed by atoms with E-state index in [0.29, 0.717) is 0 Å². The van der Waals surface area contributed by atoms with Crippen LogP contribution in [0.25, 0.3) is 50.0 Å². The van der Waals surface area contributed by atoms with E-state index in [1.165, 1.54) is 16.4 Å². The lowest BCUT2D eigenvalue weighted by molar-refractivity contribution is 0.487. The maximum absolute atomic E-state index is 6.48. The molecule has 2 aliphatic heterocycles. The summed E-state index contributed by atoms with van der Waals surface area (Å²) in [4.78, 5) is 5.21. The predicted molar refractivity (Wildman–Crippen MR) is 145 cm³/mol. The fourth-order valence-electron chi connectivity index (χ4n) is 6.27. The van der Waals surface area contributed by atoms with E-state index in [1.54, 1.807) is 0 Å². The summed E-state index contributed by atoms with van der Waals surface area (Å²) < 4.78 is 15.2. The van der Waals surface area contributed by atoms with Gasteiger partial charge in [0.05, 0.1) is 11.0 Å². The highest BCUT2D eigenvalue weighted by Gasteiger charge is 2.42. The van der Waals surface area contributed by atoms with E-state index in [1.807, 2.05) is 24.3 Å². The van der Waals surface area contributed by atoms with Crippen molar-refractivity contribution in [1.29, 1.82) is 0 Å². The van der Waals surface area contributed by atoms with Crippen LogP contribution in [-0.2, 0) is 0 Å². The lowest BCUT2D eigenvalue weighted by Crippen LogP contribution is -2.58. The molecule has 0 radical (unpaired) electrons. The first-order chi connectivity index (χ1) is 17.9. The Kier molecular flexibility index (Phi) is 3.33. The van der Waals surface area contributed by atoms with Gasteiger partial charge in [-0.15, -0.1) is 0 Å². The molecule has 5 aromatic carbocycles. The van der Waals surface area contributed by atoms with Crippen LogP contribution in [0, 0.1) is 0 Å². The van der Waals surface area contributed by atoms with Gasteiger partial charge in [0.15, 0.2) is 0 Å². The van der Waals surface area contributed by atoms with Crippen molar-refractivity contribution in [1.82, 2.24) is 9.55 Å². The smallest absolute Gasteiger partial charge is 0.257 e. The van der Waals surface area contributed by atoms with Crippen LogP contribution in [0.4, 0.5) is 0 Å². The Balaban J connectivity index is 1.56. The minimum Gasteiger partial charge on any atom is -0.458 e. The van der Waals surface area contributed by atoms with Gasteiger partial charge in [0.25, 0.3) is 6.71 Å². The summed E-state index contributed by atoms with van der Waals surface area (Å²) in [6.45, 7) is 0.0150. The Labute approximate surface area is 206 Å². The average molecular weight is 460 g/mol. The van der Waals surface area contributed by atoms with Crippen LogP contribution < -0.4 is 21.1 Å². The number of furan rings is 1. The van der Waals surface area contributed by atoms with Crippen molar-refractivity contribution in [3.8, 4) is 28.6 Å². The number of ether oxygens (including phenoxy) is 1. The summed E-state index contributed by atoms with van der Waals surface area (Å²) in [7, 11) is 0. The van der Waals surface area contributed by atoms with Gasteiger partial charge in [-0.25, -0.2) is 4.98 Å². The van der Waals surface area contributed by atoms with Crippen LogP contribution in [-0.4, -0.2) is 16.3 Å². The molecule has 7 aromatic rings. The Morgan fingerprint density at radius 2 is 1.50 bits per heavy atom. The second-order valence-corrected chi connectivity index (χ2v) is 9.53. The lowest BCUT2D eigenvalue weighted by atomic mass is 9.34. The Hall–Kier alpha value is -4.77. The summed E-state index contributed by atoms with van der Waals surface area (Å²) in [5, 5.41) is 2.28. The molecule has 0 saturated carbocycles. The molecule has 2 aromatic heterocycles. The zero-order chi connectivity index (χ0) is 23.4. The first kappa shape index (κ1) is 18.5. The molecule has 4 heterocycles. The molecule has 0 N–H and O–H groups in total. The highest BCUT2D eigenvalue weighted by Crippen LogP contribution is 2.39. The van der Waals surface area contributed by atoms with E-state index >= 15 is 0 Å². The highest BCUT2D eigenvalue weighted by molar-refractivity contribution is 7.00. The van der Waals surface area contributed by atoms with E-state index in [-0.39, 0.29) is 6.71 Å². The molecule has 2 aliphatic rings. The molecule has 0 fully saturated rings. The molecule has 0 atom stereocenters. The van der Waals surface area contributed by atoms with Gasteiger partial charge in [-0.2, -0.15) is 0 Å². The fourth-order valence-corrected chi connectivity index (χ4v) is 6.27. The van der Waals surface area contributed by atoms with Crippen LogP contribution in [0.2, 0.25) is 0 Å². The predicted octanol–water partition coefficient (Wildman–Crippen LogP) is 5.53. The third kappa shape index (κ3) is 2.19. The van der Waals surface area contributed by atoms with E-state index in [2.05, 4.69) is 83.4 Å². The molecule has 0 aliphatic carbocycles. The molecule has 0 unspecified atom stereocenters. The van der Waals surface area contributed by atoms with Crippen LogP contribution >= 0.6 is 0 Å². The Morgan fingerprint density at radius 3 is 2.44 bits per heavy atom. The Morgan fingerprint density at radius 1 is 0.694 bits per heavy atom. The van der Waals surface area contributed by atoms with Crippen LogP contribution in [0.1, 0.15) is 0 Å². The summed E-state index contributed by atoms with van der Waals surface area (Å²) in [6.07, 6.45) is 0. The summed E-state index contributed by atoms with van der Waals surface area (Å²) in [6, 6.07) is 35.6.